The smallest absolute Gasteiger partial charge is 0.212 e. The fraction of sp³-hybridized carbons (Fsp3) is 0.250. The molecule has 0 amide bonds. The molecule has 0 saturated heterocycles. The molecule has 4 nitrogen and oxygen atoms in total. The number of aromatic amines is 1. The van der Waals surface area contributed by atoms with Gasteiger partial charge >= 0.3 is 0 Å². The summed E-state index contributed by atoms with van der Waals surface area (Å²) in [4.78, 5) is 7.90. The van der Waals surface area contributed by atoms with Crippen LogP contribution in [0.1, 0.15) is 11.3 Å². The van der Waals surface area contributed by atoms with E-state index in [2.05, 4.69) is 51.0 Å². The van der Waals surface area contributed by atoms with Gasteiger partial charge in [0.1, 0.15) is 0 Å². The SMILES string of the molecule is CNCc1cn2c(nc3c(C)cccc32)[nH]1. The van der Waals surface area contributed by atoms with Crippen molar-refractivity contribution in [2.45, 2.75) is 13.5 Å². The average Bonchev–Trinajstić information content (AvgIpc) is 2.77. The third kappa shape index (κ3) is 1.23. The maximum absolute atomic E-state index is 4.60. The molecule has 0 saturated carbocycles. The molecule has 0 spiro atoms. The second kappa shape index (κ2) is 3.35. The van der Waals surface area contributed by atoms with E-state index in [-0.39, 0.29) is 0 Å². The Labute approximate surface area is 93.3 Å². The molecule has 2 aromatic heterocycles. The normalized spacial score (nSPS) is 11.6. The Morgan fingerprint density at radius 3 is 3.12 bits per heavy atom. The van der Waals surface area contributed by atoms with Gasteiger partial charge in [0.25, 0.3) is 0 Å². The second-order valence-electron chi connectivity index (χ2n) is 4.06. The first-order valence-corrected chi connectivity index (χ1v) is 5.39. The van der Waals surface area contributed by atoms with Gasteiger partial charge in [0, 0.05) is 18.4 Å². The molecule has 0 bridgehead atoms. The molecule has 0 unspecified atom stereocenters. The van der Waals surface area contributed by atoms with E-state index in [0.717, 1.165) is 29.0 Å². The van der Waals surface area contributed by atoms with Crippen LogP contribution in [-0.4, -0.2) is 21.4 Å². The predicted molar refractivity (Wildman–Crippen MR) is 64.5 cm³/mol. The number of rotatable bonds is 2. The molecule has 1 aromatic carbocycles. The highest BCUT2D eigenvalue weighted by atomic mass is 15.1. The first-order valence-electron chi connectivity index (χ1n) is 5.39. The molecule has 4 heteroatoms. The molecule has 0 fully saturated rings. The number of benzene rings is 1. The van der Waals surface area contributed by atoms with Crippen molar-refractivity contribution in [3.8, 4) is 0 Å². The molecule has 0 aliphatic heterocycles. The molecule has 2 heterocycles. The lowest BCUT2D eigenvalue weighted by Crippen LogP contribution is -2.04. The summed E-state index contributed by atoms with van der Waals surface area (Å²) in [7, 11) is 1.94. The number of imidazole rings is 2. The van der Waals surface area contributed by atoms with Gasteiger partial charge in [-0.2, -0.15) is 0 Å². The van der Waals surface area contributed by atoms with Crippen LogP contribution in [-0.2, 0) is 6.54 Å². The highest BCUT2D eigenvalue weighted by Gasteiger charge is 2.08. The number of hydrogen-bond acceptors (Lipinski definition) is 2. The van der Waals surface area contributed by atoms with Crippen LogP contribution in [0.2, 0.25) is 0 Å². The van der Waals surface area contributed by atoms with Crippen molar-refractivity contribution in [2.75, 3.05) is 7.05 Å². The van der Waals surface area contributed by atoms with Crippen LogP contribution in [0.15, 0.2) is 24.4 Å². The van der Waals surface area contributed by atoms with E-state index in [0.29, 0.717) is 0 Å². The summed E-state index contributed by atoms with van der Waals surface area (Å²) in [6.45, 7) is 2.92. The lowest BCUT2D eigenvalue weighted by atomic mass is 10.2. The van der Waals surface area contributed by atoms with Gasteiger partial charge in [-0.25, -0.2) is 4.98 Å². The summed E-state index contributed by atoms with van der Waals surface area (Å²) < 4.78 is 2.11. The molecule has 0 atom stereocenters. The van der Waals surface area contributed by atoms with Crippen molar-refractivity contribution in [1.29, 1.82) is 0 Å². The van der Waals surface area contributed by atoms with Crippen LogP contribution in [0.5, 0.6) is 0 Å². The summed E-state index contributed by atoms with van der Waals surface area (Å²) in [5.41, 5.74) is 4.59. The Bertz CT molecular complexity index is 647. The Kier molecular flexibility index (Phi) is 1.97. The number of aromatic nitrogens is 3. The van der Waals surface area contributed by atoms with Gasteiger partial charge in [-0.05, 0) is 25.6 Å². The van der Waals surface area contributed by atoms with Crippen LogP contribution in [0.3, 0.4) is 0 Å². The number of hydrogen-bond donors (Lipinski definition) is 2. The standard InChI is InChI=1S/C12H14N4/c1-8-4-3-5-10-11(8)15-12-14-9(6-13-2)7-16(10)12/h3-5,7,13H,6H2,1-2H3,(H,14,15). The zero-order chi connectivity index (χ0) is 11.1. The molecule has 82 valence electrons. The molecular weight excluding hydrogens is 200 g/mol. The Balaban J connectivity index is 2.30. The van der Waals surface area contributed by atoms with E-state index in [9.17, 15) is 0 Å². The van der Waals surface area contributed by atoms with Crippen molar-refractivity contribution in [1.82, 2.24) is 19.7 Å². The van der Waals surface area contributed by atoms with Crippen molar-refractivity contribution in [3.63, 3.8) is 0 Å². The van der Waals surface area contributed by atoms with Gasteiger partial charge in [0.05, 0.1) is 11.0 Å². The average molecular weight is 214 g/mol. The van der Waals surface area contributed by atoms with Crippen molar-refractivity contribution >= 4 is 16.8 Å². The van der Waals surface area contributed by atoms with E-state index in [1.54, 1.807) is 0 Å². The van der Waals surface area contributed by atoms with Crippen LogP contribution < -0.4 is 5.32 Å². The summed E-state index contributed by atoms with van der Waals surface area (Å²) in [5, 5.41) is 3.12. The number of aryl methyl sites for hydroxylation is 1. The number of nitrogens with one attached hydrogen (secondary N) is 2. The van der Waals surface area contributed by atoms with Crippen molar-refractivity contribution < 1.29 is 0 Å². The summed E-state index contributed by atoms with van der Waals surface area (Å²) in [6.07, 6.45) is 2.10. The van der Waals surface area contributed by atoms with Gasteiger partial charge in [0.2, 0.25) is 5.78 Å². The van der Waals surface area contributed by atoms with Crippen molar-refractivity contribution in [2.24, 2.45) is 0 Å². The van der Waals surface area contributed by atoms with Crippen LogP contribution >= 0.6 is 0 Å². The molecular formula is C12H14N4. The molecule has 16 heavy (non-hydrogen) atoms. The van der Waals surface area contributed by atoms with Gasteiger partial charge in [-0.3, -0.25) is 4.40 Å². The second-order valence-corrected chi connectivity index (χ2v) is 4.06. The quantitative estimate of drug-likeness (QED) is 0.683. The summed E-state index contributed by atoms with van der Waals surface area (Å²) in [6, 6.07) is 6.25. The van der Waals surface area contributed by atoms with Gasteiger partial charge < -0.3 is 10.3 Å². The number of para-hydroxylation sites is 1. The molecule has 2 N–H and O–H groups in total. The van der Waals surface area contributed by atoms with E-state index >= 15 is 0 Å². The molecule has 3 aromatic rings. The molecule has 0 radical (unpaired) electrons. The molecule has 0 aliphatic rings. The Morgan fingerprint density at radius 1 is 1.44 bits per heavy atom. The summed E-state index contributed by atoms with van der Waals surface area (Å²) >= 11 is 0. The van der Waals surface area contributed by atoms with E-state index in [1.165, 1.54) is 5.56 Å². The van der Waals surface area contributed by atoms with Crippen molar-refractivity contribution in [3.05, 3.63) is 35.7 Å². The summed E-state index contributed by atoms with van der Waals surface area (Å²) in [5.74, 6) is 0.912. The topological polar surface area (TPSA) is 45.1 Å². The minimum Gasteiger partial charge on any atom is -0.326 e. The third-order valence-corrected chi connectivity index (χ3v) is 2.85. The third-order valence-electron chi connectivity index (χ3n) is 2.85. The Morgan fingerprint density at radius 2 is 2.31 bits per heavy atom. The van der Waals surface area contributed by atoms with Gasteiger partial charge in [-0.15, -0.1) is 0 Å². The van der Waals surface area contributed by atoms with Crippen LogP contribution in [0, 0.1) is 6.92 Å². The monoisotopic (exact) mass is 214 g/mol. The first kappa shape index (κ1) is 9.42. The fourth-order valence-electron chi connectivity index (χ4n) is 2.09. The van der Waals surface area contributed by atoms with Gasteiger partial charge in [0.15, 0.2) is 0 Å². The largest absolute Gasteiger partial charge is 0.326 e. The van der Waals surface area contributed by atoms with Crippen LogP contribution in [0.25, 0.3) is 16.8 Å². The first-order chi connectivity index (χ1) is 7.79. The highest BCUT2D eigenvalue weighted by molar-refractivity contribution is 5.82. The predicted octanol–water partition coefficient (Wildman–Crippen LogP) is 1.84. The van der Waals surface area contributed by atoms with Gasteiger partial charge in [-0.1, -0.05) is 12.1 Å². The maximum Gasteiger partial charge on any atom is 0.212 e. The fourth-order valence-corrected chi connectivity index (χ4v) is 2.09. The van der Waals surface area contributed by atoms with Crippen LogP contribution in [0.4, 0.5) is 0 Å². The zero-order valence-corrected chi connectivity index (χ0v) is 9.41. The van der Waals surface area contributed by atoms with E-state index < -0.39 is 0 Å². The minimum atomic E-state index is 0.830. The minimum absolute atomic E-state index is 0.830. The highest BCUT2D eigenvalue weighted by Crippen LogP contribution is 2.19. The lowest BCUT2D eigenvalue weighted by molar-refractivity contribution is 0.797. The Hall–Kier alpha value is -1.81. The number of nitrogens with zero attached hydrogens (tertiary/aromatic N) is 2. The zero-order valence-electron chi connectivity index (χ0n) is 9.41. The lowest BCUT2D eigenvalue weighted by Gasteiger charge is -1.94. The van der Waals surface area contributed by atoms with E-state index in [4.69, 9.17) is 0 Å². The van der Waals surface area contributed by atoms with E-state index in [1.807, 2.05) is 7.05 Å². The number of fused-ring (bicyclic) bond motifs is 3. The maximum atomic E-state index is 4.60. The number of H-pyrrole nitrogens is 1. The molecule has 3 rings (SSSR count). The molecule has 0 aliphatic carbocycles.